The number of halogens is 2. The van der Waals surface area contributed by atoms with Crippen LogP contribution in [0.2, 0.25) is 0 Å². The predicted octanol–water partition coefficient (Wildman–Crippen LogP) is 1.78. The summed E-state index contributed by atoms with van der Waals surface area (Å²) in [4.78, 5) is 12.0. The zero-order chi connectivity index (χ0) is 9.90. The molecule has 0 saturated carbocycles. The van der Waals surface area contributed by atoms with E-state index in [1.54, 1.807) is 0 Å². The number of benzene rings is 1. The van der Waals surface area contributed by atoms with Crippen molar-refractivity contribution in [3.63, 3.8) is 0 Å². The molecule has 0 saturated heterocycles. The van der Waals surface area contributed by atoms with Crippen LogP contribution in [-0.4, -0.2) is 11.2 Å². The summed E-state index contributed by atoms with van der Waals surface area (Å²) in [6, 6.07) is 0.741. The lowest BCUT2D eigenvalue weighted by Gasteiger charge is -2.08. The Hall–Kier alpha value is -1.74. The first-order valence-corrected chi connectivity index (χ1v) is 3.32. The fourth-order valence-electron chi connectivity index (χ4n) is 0.815. The van der Waals surface area contributed by atoms with Gasteiger partial charge in [0.15, 0.2) is 0 Å². The van der Waals surface area contributed by atoms with Crippen LogP contribution in [0.25, 0.3) is 0 Å². The number of carbonyl (C=O) groups excluding carboxylic acids is 1. The van der Waals surface area contributed by atoms with E-state index in [1.165, 1.54) is 12.1 Å². The number of hydrogen-bond donors (Lipinski definition) is 1. The van der Waals surface area contributed by atoms with Gasteiger partial charge in [-0.15, -0.1) is 4.99 Å². The molecule has 0 fully saturated rings. The van der Waals surface area contributed by atoms with E-state index in [1.807, 2.05) is 0 Å². The molecular weight excluding hydrogens is 180 g/mol. The van der Waals surface area contributed by atoms with Crippen molar-refractivity contribution in [2.75, 3.05) is 0 Å². The molecule has 1 aromatic rings. The van der Waals surface area contributed by atoms with Gasteiger partial charge in [-0.3, -0.25) is 0 Å². The number of aromatic hydroxyl groups is 1. The van der Waals surface area contributed by atoms with E-state index in [2.05, 4.69) is 4.99 Å². The standard InChI is InChI=1S/C8H5F2NO2/c9-8(10,11-5-12)6-2-1-3-7(13)4-6/h1-4,13H. The fourth-order valence-corrected chi connectivity index (χ4v) is 0.815. The van der Waals surface area contributed by atoms with Crippen molar-refractivity contribution in [2.24, 2.45) is 4.99 Å². The average molecular weight is 185 g/mol. The Morgan fingerprint density at radius 2 is 2.15 bits per heavy atom. The Bertz CT molecular complexity index is 359. The van der Waals surface area contributed by atoms with Crippen molar-refractivity contribution in [1.29, 1.82) is 0 Å². The summed E-state index contributed by atoms with van der Waals surface area (Å²) < 4.78 is 25.6. The van der Waals surface area contributed by atoms with Crippen molar-refractivity contribution in [3.8, 4) is 5.75 Å². The Morgan fingerprint density at radius 1 is 1.46 bits per heavy atom. The maximum atomic E-state index is 12.8. The van der Waals surface area contributed by atoms with E-state index in [0.29, 0.717) is 0 Å². The van der Waals surface area contributed by atoms with Crippen LogP contribution in [0.5, 0.6) is 5.75 Å². The van der Waals surface area contributed by atoms with Crippen LogP contribution in [0.1, 0.15) is 5.56 Å². The van der Waals surface area contributed by atoms with Gasteiger partial charge in [-0.2, -0.15) is 8.78 Å². The molecule has 13 heavy (non-hydrogen) atoms. The lowest BCUT2D eigenvalue weighted by atomic mass is 10.2. The van der Waals surface area contributed by atoms with E-state index in [9.17, 15) is 13.6 Å². The summed E-state index contributed by atoms with van der Waals surface area (Å²) in [5.74, 6) is -0.307. The van der Waals surface area contributed by atoms with Gasteiger partial charge in [0.1, 0.15) is 5.75 Å². The number of alkyl halides is 2. The molecule has 1 aromatic carbocycles. The van der Waals surface area contributed by atoms with E-state index in [0.717, 1.165) is 18.2 Å². The van der Waals surface area contributed by atoms with Crippen molar-refractivity contribution in [1.82, 2.24) is 0 Å². The highest BCUT2D eigenvalue weighted by atomic mass is 19.3. The van der Waals surface area contributed by atoms with Crippen LogP contribution in [0.4, 0.5) is 8.78 Å². The van der Waals surface area contributed by atoms with Crippen molar-refractivity contribution in [2.45, 2.75) is 6.05 Å². The van der Waals surface area contributed by atoms with E-state index >= 15 is 0 Å². The highest BCUT2D eigenvalue weighted by Gasteiger charge is 2.30. The molecule has 0 amide bonds. The molecule has 0 heterocycles. The minimum Gasteiger partial charge on any atom is -0.508 e. The lowest BCUT2D eigenvalue weighted by molar-refractivity contribution is 0.00596. The molecule has 1 rings (SSSR count). The monoisotopic (exact) mass is 185 g/mol. The molecule has 0 aliphatic heterocycles. The van der Waals surface area contributed by atoms with Gasteiger partial charge < -0.3 is 5.11 Å². The summed E-state index contributed by atoms with van der Waals surface area (Å²) in [5.41, 5.74) is -0.546. The molecular formula is C8H5F2NO2. The van der Waals surface area contributed by atoms with Gasteiger partial charge in [0.2, 0.25) is 6.08 Å². The zero-order valence-corrected chi connectivity index (χ0v) is 6.37. The Morgan fingerprint density at radius 3 is 2.69 bits per heavy atom. The SMILES string of the molecule is O=C=NC(F)(F)c1cccc(O)c1. The van der Waals surface area contributed by atoms with Crippen LogP contribution in [0.15, 0.2) is 29.3 Å². The fraction of sp³-hybridized carbons (Fsp3) is 0.125. The van der Waals surface area contributed by atoms with Crippen LogP contribution >= 0.6 is 0 Å². The predicted molar refractivity (Wildman–Crippen MR) is 40.1 cm³/mol. The molecule has 1 N–H and O–H groups in total. The highest BCUT2D eigenvalue weighted by molar-refractivity contribution is 5.37. The van der Waals surface area contributed by atoms with Gasteiger partial charge in [-0.1, -0.05) is 12.1 Å². The van der Waals surface area contributed by atoms with Gasteiger partial charge in [0.25, 0.3) is 0 Å². The summed E-state index contributed by atoms with van der Waals surface area (Å²) in [5, 5.41) is 8.87. The van der Waals surface area contributed by atoms with Crippen molar-refractivity contribution < 1.29 is 18.7 Å². The minimum absolute atomic E-state index is 0.307. The molecule has 0 spiro atoms. The molecule has 3 nitrogen and oxygen atoms in total. The topological polar surface area (TPSA) is 49.7 Å². The maximum absolute atomic E-state index is 12.8. The summed E-state index contributed by atoms with van der Waals surface area (Å²) in [6.07, 6.45) is 0.769. The van der Waals surface area contributed by atoms with Gasteiger partial charge in [-0.05, 0) is 12.1 Å². The van der Waals surface area contributed by atoms with E-state index in [-0.39, 0.29) is 5.75 Å². The molecule has 0 bridgehead atoms. The van der Waals surface area contributed by atoms with Crippen LogP contribution in [0, 0.1) is 0 Å². The number of aliphatic imine (C=N–C) groups is 1. The van der Waals surface area contributed by atoms with Gasteiger partial charge in [-0.25, -0.2) is 4.79 Å². The second kappa shape index (κ2) is 3.33. The molecule has 0 radical (unpaired) electrons. The smallest absolute Gasteiger partial charge is 0.379 e. The summed E-state index contributed by atoms with van der Waals surface area (Å²) in [6.45, 7) is 0. The third-order valence-electron chi connectivity index (χ3n) is 1.38. The first-order valence-electron chi connectivity index (χ1n) is 3.32. The Balaban J connectivity index is 3.13. The van der Waals surface area contributed by atoms with Crippen LogP contribution in [0.3, 0.4) is 0 Å². The van der Waals surface area contributed by atoms with Crippen LogP contribution < -0.4 is 0 Å². The summed E-state index contributed by atoms with van der Waals surface area (Å²) >= 11 is 0. The molecule has 68 valence electrons. The largest absolute Gasteiger partial charge is 0.508 e. The van der Waals surface area contributed by atoms with Crippen molar-refractivity contribution >= 4 is 6.08 Å². The second-order valence-corrected chi connectivity index (χ2v) is 2.29. The molecule has 0 unspecified atom stereocenters. The highest BCUT2D eigenvalue weighted by Crippen LogP contribution is 2.30. The molecule has 0 atom stereocenters. The van der Waals surface area contributed by atoms with Gasteiger partial charge in [0.05, 0.1) is 0 Å². The number of rotatable bonds is 2. The molecule has 0 aromatic heterocycles. The Labute approximate surface area is 72.3 Å². The normalized spacial score (nSPS) is 10.6. The number of isocyanates is 1. The third-order valence-corrected chi connectivity index (χ3v) is 1.38. The second-order valence-electron chi connectivity index (χ2n) is 2.29. The lowest BCUT2D eigenvalue weighted by Crippen LogP contribution is -2.08. The molecule has 0 aliphatic carbocycles. The van der Waals surface area contributed by atoms with E-state index < -0.39 is 11.6 Å². The number of phenols is 1. The maximum Gasteiger partial charge on any atom is 0.379 e. The first-order chi connectivity index (χ1) is 6.06. The van der Waals surface area contributed by atoms with Gasteiger partial charge >= 0.3 is 6.05 Å². The zero-order valence-electron chi connectivity index (χ0n) is 6.37. The Kier molecular flexibility index (Phi) is 2.39. The number of nitrogens with zero attached hydrogens (tertiary/aromatic N) is 1. The van der Waals surface area contributed by atoms with Crippen molar-refractivity contribution in [3.05, 3.63) is 29.8 Å². The minimum atomic E-state index is -3.62. The van der Waals surface area contributed by atoms with Crippen LogP contribution in [-0.2, 0) is 10.8 Å². The van der Waals surface area contributed by atoms with Gasteiger partial charge in [0, 0.05) is 5.56 Å². The molecule has 0 aliphatic rings. The average Bonchev–Trinajstić information content (AvgIpc) is 2.04. The molecule has 5 heteroatoms. The third kappa shape index (κ3) is 2.10. The van der Waals surface area contributed by atoms with E-state index in [4.69, 9.17) is 5.11 Å². The summed E-state index contributed by atoms with van der Waals surface area (Å²) in [7, 11) is 0. The quantitative estimate of drug-likeness (QED) is 0.433. The number of hydrogen-bond acceptors (Lipinski definition) is 3. The number of phenolic OH excluding ortho intramolecular Hbond substituents is 1. The first kappa shape index (κ1) is 9.35.